The van der Waals surface area contributed by atoms with E-state index in [-0.39, 0.29) is 35.3 Å². The van der Waals surface area contributed by atoms with E-state index < -0.39 is 0 Å². The predicted octanol–water partition coefficient (Wildman–Crippen LogP) is 10.8. The minimum absolute atomic E-state index is 0.0447. The molecule has 4 heterocycles. The van der Waals surface area contributed by atoms with Crippen molar-refractivity contribution in [2.45, 2.75) is 69.4 Å². The lowest BCUT2D eigenvalue weighted by Crippen LogP contribution is -2.37. The molecule has 0 fully saturated rings. The molecule has 12 heteroatoms. The first-order chi connectivity index (χ1) is 29.1. The Morgan fingerprint density at radius 2 is 1.23 bits per heavy atom. The fourth-order valence-corrected chi connectivity index (χ4v) is 12.1. The number of rotatable bonds is 13. The summed E-state index contributed by atoms with van der Waals surface area (Å²) >= 11 is 1.91. The number of carbonyl (C=O) groups excluding carboxylic acids is 2. The van der Waals surface area contributed by atoms with Gasteiger partial charge >= 0.3 is 0 Å². The largest absolute Gasteiger partial charge is 0.493 e. The van der Waals surface area contributed by atoms with E-state index in [0.717, 1.165) is 63.5 Å². The number of hydrogen-bond donors (Lipinski definition) is 0. The summed E-state index contributed by atoms with van der Waals surface area (Å²) in [6.45, 7) is 7.12. The Bertz CT molecular complexity index is 2570. The summed E-state index contributed by atoms with van der Waals surface area (Å²) in [5.74, 6) is 3.34. The first-order valence-corrected chi connectivity index (χ1v) is 23.8. The second-order valence-electron chi connectivity index (χ2n) is 16.1. The highest BCUT2D eigenvalue weighted by molar-refractivity contribution is 8.77. The molecule has 0 saturated heterocycles. The lowest BCUT2D eigenvalue weighted by Gasteiger charge is -2.22. The number of hydrogen-bond acceptors (Lipinski definition) is 10. The van der Waals surface area contributed by atoms with Crippen LogP contribution in [-0.2, 0) is 31.8 Å². The topological polar surface area (TPSA) is 93.0 Å². The van der Waals surface area contributed by atoms with Crippen molar-refractivity contribution in [3.05, 3.63) is 136 Å². The number of amides is 2. The highest BCUT2D eigenvalue weighted by Gasteiger charge is 2.38. The number of ether oxygens (including phenoxy) is 3. The van der Waals surface area contributed by atoms with Crippen LogP contribution in [0.5, 0.6) is 17.2 Å². The number of methoxy groups -OCH3 is 1. The Hall–Kier alpha value is -5.17. The van der Waals surface area contributed by atoms with Crippen LogP contribution >= 0.6 is 33.3 Å². The third-order valence-corrected chi connectivity index (χ3v) is 15.5. The van der Waals surface area contributed by atoms with Gasteiger partial charge in [-0.3, -0.25) is 29.4 Å². The third-order valence-electron chi connectivity index (χ3n) is 11.2. The van der Waals surface area contributed by atoms with Crippen LogP contribution in [0.2, 0.25) is 0 Å². The molecule has 9 rings (SSSR count). The van der Waals surface area contributed by atoms with E-state index in [1.165, 1.54) is 5.56 Å². The van der Waals surface area contributed by atoms with Gasteiger partial charge in [0.25, 0.3) is 11.8 Å². The first-order valence-electron chi connectivity index (χ1n) is 20.0. The average molecular weight is 855 g/mol. The number of aliphatic imine (C=N–C) groups is 2. The highest BCUT2D eigenvalue weighted by atomic mass is 33.1. The van der Waals surface area contributed by atoms with Gasteiger partial charge in [-0.1, -0.05) is 70.1 Å². The molecule has 0 spiro atoms. The molecule has 60 heavy (non-hydrogen) atoms. The van der Waals surface area contributed by atoms with Crippen LogP contribution in [0.15, 0.2) is 101 Å². The van der Waals surface area contributed by atoms with E-state index in [1.807, 2.05) is 106 Å². The molecule has 2 atom stereocenters. The Labute approximate surface area is 363 Å². The van der Waals surface area contributed by atoms with Gasteiger partial charge in [0.15, 0.2) is 11.5 Å². The van der Waals surface area contributed by atoms with Crippen LogP contribution in [0.4, 0.5) is 22.7 Å². The molecular formula is C48H46N4O5S3. The van der Waals surface area contributed by atoms with Crippen LogP contribution < -0.4 is 24.0 Å². The summed E-state index contributed by atoms with van der Waals surface area (Å²) in [6.07, 6.45) is 7.35. The van der Waals surface area contributed by atoms with Crippen LogP contribution in [0, 0.1) is 6.92 Å². The molecule has 4 aliphatic rings. The fourth-order valence-electron chi connectivity index (χ4n) is 8.46. The third kappa shape index (κ3) is 7.92. The van der Waals surface area contributed by atoms with Crippen molar-refractivity contribution in [2.24, 2.45) is 9.98 Å². The molecule has 0 saturated carbocycles. The van der Waals surface area contributed by atoms with Crippen molar-refractivity contribution in [3.63, 3.8) is 0 Å². The number of nitrogens with zero attached hydrogens (tertiary/aromatic N) is 4. The summed E-state index contributed by atoms with van der Waals surface area (Å²) in [6, 6.07) is 29.7. The van der Waals surface area contributed by atoms with Gasteiger partial charge in [-0.25, -0.2) is 0 Å². The number of aryl methyl sites for hydroxylation is 1. The standard InChI is InChI=1S/C48H46N4O5S3/c1-29-14-37-39(49-23-35-18-33-10-6-8-12-41(33)51(35)46(37)53)21-43(29)56-25-30-15-31(17-32(16-30)27-59-28-48(2,3)60-58-5)26-57-45-22-40-38(20-44(45)55-4)47(54)52-36(24-50-40)19-34-11-7-9-13-42(34)52/h6-17,20-24,35-36H,18-19,25-28H2,1-5H3/t35-,36-/m0/s1. The van der Waals surface area contributed by atoms with Gasteiger partial charge in [-0.05, 0) is 90.7 Å². The second kappa shape index (κ2) is 16.7. The number of anilines is 2. The lowest BCUT2D eigenvalue weighted by molar-refractivity contribution is 0.0979. The molecule has 4 aliphatic heterocycles. The molecule has 0 aliphatic carbocycles. The minimum atomic E-state index is -0.149. The normalized spacial score (nSPS) is 17.3. The molecule has 0 N–H and O–H groups in total. The highest BCUT2D eigenvalue weighted by Crippen LogP contribution is 2.43. The van der Waals surface area contributed by atoms with E-state index in [1.54, 1.807) is 24.0 Å². The smallest absolute Gasteiger partial charge is 0.261 e. The molecule has 0 aromatic heterocycles. The van der Waals surface area contributed by atoms with Gasteiger partial charge in [-0.15, -0.1) is 0 Å². The Morgan fingerprint density at radius 1 is 0.700 bits per heavy atom. The van der Waals surface area contributed by atoms with Gasteiger partial charge in [0, 0.05) is 65.0 Å². The zero-order valence-electron chi connectivity index (χ0n) is 34.3. The van der Waals surface area contributed by atoms with Crippen molar-refractivity contribution in [1.82, 2.24) is 0 Å². The number of carbonyl (C=O) groups is 2. The minimum Gasteiger partial charge on any atom is -0.493 e. The maximum absolute atomic E-state index is 14.0. The zero-order valence-corrected chi connectivity index (χ0v) is 36.7. The van der Waals surface area contributed by atoms with Crippen LogP contribution in [-0.4, -0.2) is 60.2 Å². The number of thioether (sulfide) groups is 1. The van der Waals surface area contributed by atoms with Gasteiger partial charge in [0.05, 0.1) is 41.7 Å². The molecule has 2 amide bonds. The van der Waals surface area contributed by atoms with Crippen LogP contribution in [0.3, 0.4) is 0 Å². The van der Waals surface area contributed by atoms with E-state index in [0.29, 0.717) is 46.4 Å². The maximum Gasteiger partial charge on any atom is 0.261 e. The predicted molar refractivity (Wildman–Crippen MR) is 248 cm³/mol. The summed E-state index contributed by atoms with van der Waals surface area (Å²) in [7, 11) is 5.28. The first kappa shape index (κ1) is 40.2. The molecule has 9 nitrogen and oxygen atoms in total. The van der Waals surface area contributed by atoms with Crippen molar-refractivity contribution < 1.29 is 23.8 Å². The monoisotopic (exact) mass is 854 g/mol. The van der Waals surface area contributed by atoms with E-state index in [2.05, 4.69) is 50.4 Å². The van der Waals surface area contributed by atoms with E-state index in [4.69, 9.17) is 24.2 Å². The summed E-state index contributed by atoms with van der Waals surface area (Å²) in [5, 5.41) is 0. The number of fused-ring (bicyclic) bond motifs is 8. The van der Waals surface area contributed by atoms with Crippen LogP contribution in [0.25, 0.3) is 0 Å². The van der Waals surface area contributed by atoms with E-state index in [9.17, 15) is 9.59 Å². The molecule has 5 aromatic carbocycles. The summed E-state index contributed by atoms with van der Waals surface area (Å²) in [5.41, 5.74) is 10.4. The molecular weight excluding hydrogens is 809 g/mol. The molecule has 5 aromatic rings. The Balaban J connectivity index is 0.955. The SMILES string of the molecule is COc1cc2c(cc1OCc1cc(COc3cc4c(cc3C)C(=O)N3c5ccccc5C[C@H]3C=N4)cc(CSCC(C)(C)SSC)c1)N=C[C@@H]1Cc3ccccc3N1C2=O. The van der Waals surface area contributed by atoms with Gasteiger partial charge < -0.3 is 14.2 Å². The second-order valence-corrected chi connectivity index (χ2v) is 20.2. The lowest BCUT2D eigenvalue weighted by atomic mass is 10.1. The average Bonchev–Trinajstić information content (AvgIpc) is 3.73. The number of benzene rings is 5. The molecule has 0 radical (unpaired) electrons. The summed E-state index contributed by atoms with van der Waals surface area (Å²) < 4.78 is 19.0. The number of para-hydroxylation sites is 2. The quantitative estimate of drug-likeness (QED) is 0.108. The van der Waals surface area contributed by atoms with Crippen molar-refractivity contribution in [1.29, 1.82) is 0 Å². The molecule has 0 bridgehead atoms. The van der Waals surface area contributed by atoms with Gasteiger partial charge in [0.2, 0.25) is 0 Å². The zero-order chi connectivity index (χ0) is 41.5. The molecule has 306 valence electrons. The molecule has 0 unspecified atom stereocenters. The summed E-state index contributed by atoms with van der Waals surface area (Å²) in [4.78, 5) is 41.2. The van der Waals surface area contributed by atoms with E-state index >= 15 is 0 Å². The van der Waals surface area contributed by atoms with Crippen molar-refractivity contribution in [2.75, 3.05) is 28.9 Å². The van der Waals surface area contributed by atoms with Gasteiger partial charge in [-0.2, -0.15) is 11.8 Å². The Kier molecular flexibility index (Phi) is 11.2. The fraction of sp³-hybridized carbons (Fsp3) is 0.292. The van der Waals surface area contributed by atoms with Crippen molar-refractivity contribution >= 4 is 80.3 Å². The maximum atomic E-state index is 14.0. The van der Waals surface area contributed by atoms with Gasteiger partial charge in [0.1, 0.15) is 19.0 Å². The Morgan fingerprint density at radius 3 is 1.82 bits per heavy atom. The van der Waals surface area contributed by atoms with Crippen molar-refractivity contribution in [3.8, 4) is 17.2 Å². The van der Waals surface area contributed by atoms with Crippen LogP contribution in [0.1, 0.15) is 67.9 Å².